The smallest absolute Gasteiger partial charge is 0.200 e. The zero-order chi connectivity index (χ0) is 22.4. The van der Waals surface area contributed by atoms with Crippen LogP contribution in [0.15, 0.2) is 0 Å². The van der Waals surface area contributed by atoms with Crippen molar-refractivity contribution < 1.29 is 19.0 Å². The molecule has 3 fully saturated rings. The summed E-state index contributed by atoms with van der Waals surface area (Å²) in [5.41, 5.74) is 1.58. The first-order chi connectivity index (χ1) is 14.0. The lowest BCUT2D eigenvalue weighted by Gasteiger charge is -2.62. The minimum atomic E-state index is -1.89. The highest BCUT2D eigenvalue weighted by atomic mass is 28.4. The van der Waals surface area contributed by atoms with Gasteiger partial charge in [-0.25, -0.2) is 0 Å². The molecule has 1 saturated heterocycles. The van der Waals surface area contributed by atoms with Gasteiger partial charge in [0, 0.05) is 18.4 Å². The Morgan fingerprint density at radius 3 is 2.03 bits per heavy atom. The van der Waals surface area contributed by atoms with Crippen LogP contribution in [-0.4, -0.2) is 45.1 Å². The molecule has 3 rings (SSSR count). The standard InChI is InChI=1S/C25H48O4Si/c1-18(2)30(19(3)4,20(5)6)29-15-14-23(7)21-10-9-12-25(27-16-17-28-25)24(21,8)13-11-22(23)26/h18-22,26H,9-17H2,1-8H3/t21-,22-,23-,24-/m1/s1. The van der Waals surface area contributed by atoms with Crippen LogP contribution in [0.2, 0.25) is 16.6 Å². The van der Waals surface area contributed by atoms with Gasteiger partial charge in [0.1, 0.15) is 0 Å². The van der Waals surface area contributed by atoms with Gasteiger partial charge < -0.3 is 19.0 Å². The van der Waals surface area contributed by atoms with Gasteiger partial charge in [0.25, 0.3) is 0 Å². The monoisotopic (exact) mass is 440 g/mol. The van der Waals surface area contributed by atoms with Crippen molar-refractivity contribution in [1.82, 2.24) is 0 Å². The molecule has 1 N–H and O–H groups in total. The quantitative estimate of drug-likeness (QED) is 0.473. The van der Waals surface area contributed by atoms with Crippen molar-refractivity contribution in [3.05, 3.63) is 0 Å². The van der Waals surface area contributed by atoms with Crippen LogP contribution in [0.3, 0.4) is 0 Å². The molecule has 0 aromatic carbocycles. The molecule has 0 bridgehead atoms. The van der Waals surface area contributed by atoms with E-state index < -0.39 is 14.1 Å². The molecule has 4 atom stereocenters. The number of hydrogen-bond donors (Lipinski definition) is 1. The van der Waals surface area contributed by atoms with E-state index in [9.17, 15) is 5.11 Å². The van der Waals surface area contributed by atoms with Gasteiger partial charge in [0.2, 0.25) is 0 Å². The predicted octanol–water partition coefficient (Wildman–Crippen LogP) is 6.28. The second-order valence-electron chi connectivity index (χ2n) is 11.8. The van der Waals surface area contributed by atoms with E-state index in [2.05, 4.69) is 55.4 Å². The fourth-order valence-electron chi connectivity index (χ4n) is 8.05. The van der Waals surface area contributed by atoms with Crippen LogP contribution in [-0.2, 0) is 13.9 Å². The van der Waals surface area contributed by atoms with E-state index in [1.165, 1.54) is 0 Å². The van der Waals surface area contributed by atoms with Crippen molar-refractivity contribution >= 4 is 8.32 Å². The van der Waals surface area contributed by atoms with Gasteiger partial charge in [-0.15, -0.1) is 0 Å². The van der Waals surface area contributed by atoms with Gasteiger partial charge >= 0.3 is 0 Å². The number of hydrogen-bond acceptors (Lipinski definition) is 4. The maximum Gasteiger partial charge on any atom is 0.200 e. The average Bonchev–Trinajstić information content (AvgIpc) is 3.13. The molecule has 30 heavy (non-hydrogen) atoms. The molecule has 1 spiro atoms. The van der Waals surface area contributed by atoms with Crippen LogP contribution < -0.4 is 0 Å². The molecule has 1 heterocycles. The molecule has 176 valence electrons. The maximum atomic E-state index is 11.2. The highest BCUT2D eigenvalue weighted by Gasteiger charge is 2.65. The minimum Gasteiger partial charge on any atom is -0.416 e. The Bertz CT molecular complexity index is 564. The third-order valence-corrected chi connectivity index (χ3v) is 15.7. The van der Waals surface area contributed by atoms with Crippen LogP contribution in [0.4, 0.5) is 0 Å². The first-order valence-electron chi connectivity index (χ1n) is 12.6. The first kappa shape index (κ1) is 24.7. The summed E-state index contributed by atoms with van der Waals surface area (Å²) in [6.07, 6.45) is 5.73. The van der Waals surface area contributed by atoms with E-state index in [1.807, 2.05) is 0 Å². The van der Waals surface area contributed by atoms with Gasteiger partial charge in [0.15, 0.2) is 14.1 Å². The van der Waals surface area contributed by atoms with Gasteiger partial charge in [0.05, 0.1) is 19.3 Å². The zero-order valence-electron chi connectivity index (χ0n) is 20.9. The Hall–Kier alpha value is 0.0569. The lowest BCUT2D eigenvalue weighted by Crippen LogP contribution is -2.63. The summed E-state index contributed by atoms with van der Waals surface area (Å²) in [5.74, 6) is -0.0396. The Labute approximate surface area is 186 Å². The fourth-order valence-corrected chi connectivity index (χ4v) is 13.5. The number of aliphatic hydroxyl groups excluding tert-OH is 1. The molecule has 4 nitrogen and oxygen atoms in total. The molecule has 3 aliphatic rings. The third-order valence-electron chi connectivity index (χ3n) is 9.59. The van der Waals surface area contributed by atoms with Gasteiger partial charge in [-0.1, -0.05) is 55.4 Å². The topological polar surface area (TPSA) is 47.9 Å². The highest BCUT2D eigenvalue weighted by Crippen LogP contribution is 2.64. The zero-order valence-corrected chi connectivity index (χ0v) is 21.9. The molecule has 0 aromatic rings. The van der Waals surface area contributed by atoms with E-state index in [1.54, 1.807) is 0 Å². The van der Waals surface area contributed by atoms with Crippen LogP contribution >= 0.6 is 0 Å². The number of rotatable bonds is 7. The Morgan fingerprint density at radius 2 is 1.50 bits per heavy atom. The lowest BCUT2D eigenvalue weighted by atomic mass is 9.47. The van der Waals surface area contributed by atoms with Gasteiger partial charge in [-0.05, 0) is 60.1 Å². The highest BCUT2D eigenvalue weighted by molar-refractivity contribution is 6.77. The Kier molecular flexibility index (Phi) is 7.22. The molecular weight excluding hydrogens is 392 g/mol. The lowest BCUT2D eigenvalue weighted by molar-refractivity contribution is -0.302. The van der Waals surface area contributed by atoms with Crippen LogP contribution in [0.1, 0.15) is 93.9 Å². The van der Waals surface area contributed by atoms with Crippen molar-refractivity contribution in [2.75, 3.05) is 19.8 Å². The van der Waals surface area contributed by atoms with Crippen LogP contribution in [0.25, 0.3) is 0 Å². The minimum absolute atomic E-state index is 0.0294. The molecule has 1 aliphatic heterocycles. The van der Waals surface area contributed by atoms with E-state index >= 15 is 0 Å². The molecular formula is C25H48O4Si. The van der Waals surface area contributed by atoms with E-state index in [-0.39, 0.29) is 16.9 Å². The molecule has 5 heteroatoms. The molecule has 0 amide bonds. The van der Waals surface area contributed by atoms with Gasteiger partial charge in [-0.3, -0.25) is 0 Å². The Morgan fingerprint density at radius 1 is 0.933 bits per heavy atom. The molecule has 2 saturated carbocycles. The fraction of sp³-hybridized carbons (Fsp3) is 1.00. The molecule has 0 radical (unpaired) electrons. The number of ether oxygens (including phenoxy) is 2. The summed E-state index contributed by atoms with van der Waals surface area (Å²) in [4.78, 5) is 0. The van der Waals surface area contributed by atoms with Crippen molar-refractivity contribution in [1.29, 1.82) is 0 Å². The summed E-state index contributed by atoms with van der Waals surface area (Å²) in [5, 5.41) is 11.2. The predicted molar refractivity (Wildman–Crippen MR) is 125 cm³/mol. The van der Waals surface area contributed by atoms with E-state index in [0.717, 1.165) is 45.1 Å². The maximum absolute atomic E-state index is 11.2. The van der Waals surface area contributed by atoms with E-state index in [0.29, 0.717) is 35.8 Å². The van der Waals surface area contributed by atoms with E-state index in [4.69, 9.17) is 13.9 Å². The summed E-state index contributed by atoms with van der Waals surface area (Å²) in [7, 11) is -1.89. The van der Waals surface area contributed by atoms with Crippen molar-refractivity contribution in [3.8, 4) is 0 Å². The largest absolute Gasteiger partial charge is 0.416 e. The van der Waals surface area contributed by atoms with Crippen LogP contribution in [0.5, 0.6) is 0 Å². The van der Waals surface area contributed by atoms with Crippen LogP contribution in [0, 0.1) is 16.7 Å². The number of aliphatic hydroxyl groups is 1. The van der Waals surface area contributed by atoms with Crippen molar-refractivity contribution in [2.45, 2.75) is 122 Å². The summed E-state index contributed by atoms with van der Waals surface area (Å²) < 4.78 is 19.5. The third kappa shape index (κ3) is 3.65. The SMILES string of the molecule is CC(C)[Si](OCC[C@@]1(C)[C@H](O)CC[C@]2(C)[C@@H]1CCCC21OCCO1)(C(C)C)C(C)C. The Balaban J connectivity index is 1.82. The normalized spacial score (nSPS) is 36.8. The number of fused-ring (bicyclic) bond motifs is 2. The second-order valence-corrected chi connectivity index (χ2v) is 17.2. The summed E-state index contributed by atoms with van der Waals surface area (Å²) >= 11 is 0. The molecule has 2 aliphatic carbocycles. The first-order valence-corrected chi connectivity index (χ1v) is 14.7. The molecule has 0 aromatic heterocycles. The van der Waals surface area contributed by atoms with Gasteiger partial charge in [-0.2, -0.15) is 0 Å². The average molecular weight is 441 g/mol. The molecule has 0 unspecified atom stereocenters. The van der Waals surface area contributed by atoms with Crippen molar-refractivity contribution in [3.63, 3.8) is 0 Å². The van der Waals surface area contributed by atoms with Crippen molar-refractivity contribution in [2.24, 2.45) is 16.7 Å². The summed E-state index contributed by atoms with van der Waals surface area (Å²) in [6.45, 7) is 20.9. The second kappa shape index (κ2) is 8.77. The summed E-state index contributed by atoms with van der Waals surface area (Å²) in [6, 6.07) is 0.